The van der Waals surface area contributed by atoms with Crippen molar-refractivity contribution in [3.8, 4) is 0 Å². The molecular formula is C13H23IN4OS. The third-order valence-corrected chi connectivity index (χ3v) is 3.33. The van der Waals surface area contributed by atoms with Crippen molar-refractivity contribution in [2.75, 3.05) is 20.1 Å². The van der Waals surface area contributed by atoms with Gasteiger partial charge in [-0.2, -0.15) is 0 Å². The molecule has 0 aliphatic carbocycles. The summed E-state index contributed by atoms with van der Waals surface area (Å²) in [6, 6.07) is 4.10. The molecule has 0 radical (unpaired) electrons. The average Bonchev–Trinajstić information content (AvgIpc) is 2.93. The molecule has 114 valence electrons. The van der Waals surface area contributed by atoms with E-state index in [-0.39, 0.29) is 29.9 Å². The van der Waals surface area contributed by atoms with Crippen molar-refractivity contribution < 1.29 is 4.79 Å². The molecule has 0 saturated heterocycles. The quantitative estimate of drug-likeness (QED) is 0.366. The van der Waals surface area contributed by atoms with Gasteiger partial charge in [0.2, 0.25) is 5.91 Å². The maximum absolute atomic E-state index is 11.4. The summed E-state index contributed by atoms with van der Waals surface area (Å²) in [7, 11) is 1.72. The average molecular weight is 410 g/mol. The van der Waals surface area contributed by atoms with Gasteiger partial charge in [-0.15, -0.1) is 35.3 Å². The molecule has 1 amide bonds. The SMILES string of the molecule is CCCNC(=O)CCNC(=NC)NCc1cccs1.I. The highest BCUT2D eigenvalue weighted by atomic mass is 127. The summed E-state index contributed by atoms with van der Waals surface area (Å²) in [4.78, 5) is 16.8. The van der Waals surface area contributed by atoms with Crippen molar-refractivity contribution in [1.82, 2.24) is 16.0 Å². The minimum absolute atomic E-state index is 0. The van der Waals surface area contributed by atoms with Crippen LogP contribution in [0.1, 0.15) is 24.6 Å². The first-order valence-corrected chi connectivity index (χ1v) is 7.37. The van der Waals surface area contributed by atoms with Crippen LogP contribution in [0.15, 0.2) is 22.5 Å². The molecule has 0 bridgehead atoms. The minimum Gasteiger partial charge on any atom is -0.356 e. The van der Waals surface area contributed by atoms with Crippen molar-refractivity contribution >= 4 is 47.2 Å². The molecule has 0 saturated carbocycles. The van der Waals surface area contributed by atoms with Gasteiger partial charge in [-0.05, 0) is 17.9 Å². The first-order chi connectivity index (χ1) is 9.26. The van der Waals surface area contributed by atoms with Crippen molar-refractivity contribution in [3.63, 3.8) is 0 Å². The molecule has 20 heavy (non-hydrogen) atoms. The maximum atomic E-state index is 11.4. The lowest BCUT2D eigenvalue weighted by Crippen LogP contribution is -2.38. The third kappa shape index (κ3) is 8.36. The van der Waals surface area contributed by atoms with Gasteiger partial charge in [0, 0.05) is 31.4 Å². The van der Waals surface area contributed by atoms with E-state index in [0.717, 1.165) is 25.5 Å². The Morgan fingerprint density at radius 1 is 1.30 bits per heavy atom. The van der Waals surface area contributed by atoms with Gasteiger partial charge in [0.1, 0.15) is 0 Å². The molecule has 1 rings (SSSR count). The summed E-state index contributed by atoms with van der Waals surface area (Å²) in [5.74, 6) is 0.791. The van der Waals surface area contributed by atoms with E-state index in [0.29, 0.717) is 13.0 Å². The topological polar surface area (TPSA) is 65.5 Å². The van der Waals surface area contributed by atoms with Crippen molar-refractivity contribution in [2.45, 2.75) is 26.3 Å². The summed E-state index contributed by atoms with van der Waals surface area (Å²) in [6.07, 6.45) is 1.42. The number of carbonyl (C=O) groups is 1. The van der Waals surface area contributed by atoms with Gasteiger partial charge in [-0.1, -0.05) is 13.0 Å². The summed E-state index contributed by atoms with van der Waals surface area (Å²) in [5.41, 5.74) is 0. The fourth-order valence-electron chi connectivity index (χ4n) is 1.45. The van der Waals surface area contributed by atoms with E-state index < -0.39 is 0 Å². The number of nitrogens with one attached hydrogen (secondary N) is 3. The van der Waals surface area contributed by atoms with Crippen LogP contribution < -0.4 is 16.0 Å². The highest BCUT2D eigenvalue weighted by Crippen LogP contribution is 2.06. The maximum Gasteiger partial charge on any atom is 0.221 e. The van der Waals surface area contributed by atoms with Crippen LogP contribution in [0, 0.1) is 0 Å². The third-order valence-electron chi connectivity index (χ3n) is 2.45. The highest BCUT2D eigenvalue weighted by Gasteiger charge is 2.02. The number of guanidine groups is 1. The Kier molecular flexibility index (Phi) is 11.5. The Hall–Kier alpha value is -0.830. The van der Waals surface area contributed by atoms with Gasteiger partial charge >= 0.3 is 0 Å². The smallest absolute Gasteiger partial charge is 0.221 e. The molecule has 1 aromatic rings. The number of carbonyl (C=O) groups excluding carboxylic acids is 1. The number of halogens is 1. The molecule has 1 heterocycles. The molecule has 0 spiro atoms. The summed E-state index contributed by atoms with van der Waals surface area (Å²) >= 11 is 1.70. The summed E-state index contributed by atoms with van der Waals surface area (Å²) in [6.45, 7) is 4.11. The summed E-state index contributed by atoms with van der Waals surface area (Å²) in [5, 5.41) is 11.2. The van der Waals surface area contributed by atoms with Crippen LogP contribution in [-0.2, 0) is 11.3 Å². The van der Waals surface area contributed by atoms with E-state index in [9.17, 15) is 4.79 Å². The monoisotopic (exact) mass is 410 g/mol. The van der Waals surface area contributed by atoms with E-state index in [1.165, 1.54) is 4.88 Å². The Bertz CT molecular complexity index is 395. The highest BCUT2D eigenvalue weighted by molar-refractivity contribution is 14.0. The van der Waals surface area contributed by atoms with Crippen molar-refractivity contribution in [1.29, 1.82) is 0 Å². The van der Waals surface area contributed by atoms with Crippen LogP contribution in [0.4, 0.5) is 0 Å². The van der Waals surface area contributed by atoms with Crippen molar-refractivity contribution in [3.05, 3.63) is 22.4 Å². The van der Waals surface area contributed by atoms with E-state index in [2.05, 4.69) is 27.0 Å². The van der Waals surface area contributed by atoms with E-state index in [1.54, 1.807) is 18.4 Å². The molecule has 0 aromatic carbocycles. The van der Waals surface area contributed by atoms with Gasteiger partial charge in [0.15, 0.2) is 5.96 Å². The fraction of sp³-hybridized carbons (Fsp3) is 0.538. The van der Waals surface area contributed by atoms with Crippen LogP contribution >= 0.6 is 35.3 Å². The molecule has 0 aliphatic rings. The Morgan fingerprint density at radius 2 is 2.10 bits per heavy atom. The van der Waals surface area contributed by atoms with Crippen LogP contribution in [0.3, 0.4) is 0 Å². The number of aliphatic imine (C=N–C) groups is 1. The predicted molar refractivity (Wildman–Crippen MR) is 95.9 cm³/mol. The van der Waals surface area contributed by atoms with E-state index in [4.69, 9.17) is 0 Å². The lowest BCUT2D eigenvalue weighted by Gasteiger charge is -2.11. The first-order valence-electron chi connectivity index (χ1n) is 6.49. The summed E-state index contributed by atoms with van der Waals surface area (Å²) < 4.78 is 0. The zero-order valence-electron chi connectivity index (χ0n) is 11.9. The first kappa shape index (κ1) is 19.2. The second-order valence-corrected chi connectivity index (χ2v) is 5.06. The standard InChI is InChI=1S/C13H22N4OS.HI/c1-3-7-15-12(18)6-8-16-13(14-2)17-10-11-5-4-9-19-11;/h4-5,9H,3,6-8,10H2,1-2H3,(H,15,18)(H2,14,16,17);1H. The van der Waals surface area contributed by atoms with Gasteiger partial charge < -0.3 is 16.0 Å². The number of hydrogen-bond acceptors (Lipinski definition) is 3. The number of amides is 1. The van der Waals surface area contributed by atoms with Gasteiger partial charge in [0.25, 0.3) is 0 Å². The molecule has 0 fully saturated rings. The van der Waals surface area contributed by atoms with E-state index >= 15 is 0 Å². The molecule has 7 heteroatoms. The predicted octanol–water partition coefficient (Wildman–Crippen LogP) is 1.95. The van der Waals surface area contributed by atoms with Gasteiger partial charge in [-0.3, -0.25) is 9.79 Å². The molecule has 3 N–H and O–H groups in total. The van der Waals surface area contributed by atoms with Crippen molar-refractivity contribution in [2.24, 2.45) is 4.99 Å². The number of nitrogens with zero attached hydrogens (tertiary/aromatic N) is 1. The van der Waals surface area contributed by atoms with E-state index in [1.807, 2.05) is 18.4 Å². The van der Waals surface area contributed by atoms with Crippen LogP contribution in [-0.4, -0.2) is 32.0 Å². The normalized spacial score (nSPS) is 10.6. The second-order valence-electron chi connectivity index (χ2n) is 4.03. The number of rotatable bonds is 7. The van der Waals surface area contributed by atoms with Gasteiger partial charge in [0.05, 0.1) is 6.54 Å². The largest absolute Gasteiger partial charge is 0.356 e. The second kappa shape index (κ2) is 12.0. The molecule has 5 nitrogen and oxygen atoms in total. The number of thiophene rings is 1. The van der Waals surface area contributed by atoms with Crippen LogP contribution in [0.25, 0.3) is 0 Å². The molecule has 0 atom stereocenters. The van der Waals surface area contributed by atoms with Crippen LogP contribution in [0.5, 0.6) is 0 Å². The minimum atomic E-state index is 0. The molecule has 0 aliphatic heterocycles. The lowest BCUT2D eigenvalue weighted by molar-refractivity contribution is -0.120. The molecular weight excluding hydrogens is 387 g/mol. The fourth-order valence-corrected chi connectivity index (χ4v) is 2.10. The van der Waals surface area contributed by atoms with Gasteiger partial charge in [-0.25, -0.2) is 0 Å². The zero-order chi connectivity index (χ0) is 13.9. The zero-order valence-corrected chi connectivity index (χ0v) is 15.1. The van der Waals surface area contributed by atoms with Crippen LogP contribution in [0.2, 0.25) is 0 Å². The molecule has 0 unspecified atom stereocenters. The number of hydrogen-bond donors (Lipinski definition) is 3. The Labute approximate surface area is 141 Å². The Morgan fingerprint density at radius 3 is 2.70 bits per heavy atom. The Balaban J connectivity index is 0.00000361. The lowest BCUT2D eigenvalue weighted by atomic mass is 10.4. The molecule has 1 aromatic heterocycles.